The van der Waals surface area contributed by atoms with Crippen molar-refractivity contribution in [1.29, 1.82) is 0 Å². The normalized spacial score (nSPS) is 11.7. The van der Waals surface area contributed by atoms with Crippen LogP contribution in [-0.4, -0.2) is 59.4 Å². The van der Waals surface area contributed by atoms with Gasteiger partial charge in [-0.15, -0.1) is 0 Å². The molecule has 0 aliphatic rings. The lowest BCUT2D eigenvalue weighted by Crippen LogP contribution is -2.34. The van der Waals surface area contributed by atoms with E-state index >= 15 is 0 Å². The fourth-order valence-electron chi connectivity index (χ4n) is 2.61. The van der Waals surface area contributed by atoms with Gasteiger partial charge >= 0.3 is 5.97 Å². The molecule has 1 aromatic rings. The summed E-state index contributed by atoms with van der Waals surface area (Å²) in [7, 11) is 1.57. The highest BCUT2D eigenvalue weighted by Crippen LogP contribution is 2.12. The number of rotatable bonds is 9. The van der Waals surface area contributed by atoms with Gasteiger partial charge in [0.2, 0.25) is 0 Å². The summed E-state index contributed by atoms with van der Waals surface area (Å²) in [6.07, 6.45) is 1.75. The van der Waals surface area contributed by atoms with Gasteiger partial charge in [0, 0.05) is 37.8 Å². The van der Waals surface area contributed by atoms with Crippen molar-refractivity contribution in [1.82, 2.24) is 9.80 Å². The van der Waals surface area contributed by atoms with Gasteiger partial charge in [-0.3, -0.25) is 14.4 Å². The molecule has 6 heteroatoms. The topological polar surface area (TPSA) is 77.9 Å². The molecule has 1 rings (SSSR count). The van der Waals surface area contributed by atoms with Crippen LogP contribution < -0.4 is 0 Å². The molecule has 1 unspecified atom stereocenters. The maximum Gasteiger partial charge on any atom is 0.308 e. The number of amides is 2. The van der Waals surface area contributed by atoms with Crippen molar-refractivity contribution in [3.05, 3.63) is 35.4 Å². The number of nitrogens with zero attached hydrogens (tertiary/aromatic N) is 2. The molecular formula is C19H28N2O4. The Labute approximate surface area is 149 Å². The molecule has 0 bridgehead atoms. The van der Waals surface area contributed by atoms with Gasteiger partial charge in [0.05, 0.1) is 5.92 Å². The Hall–Kier alpha value is -2.37. The largest absolute Gasteiger partial charge is 0.481 e. The van der Waals surface area contributed by atoms with Gasteiger partial charge in [-0.1, -0.05) is 26.8 Å². The Bertz CT molecular complexity index is 609. The molecule has 6 nitrogen and oxygen atoms in total. The SMILES string of the molecule is CCCN(CCC)C(=O)c1cccc(C(=O)N(C)CC(C)C(=O)O)c1. The predicted molar refractivity (Wildman–Crippen MR) is 96.7 cm³/mol. The van der Waals surface area contributed by atoms with Crippen LogP contribution in [0.5, 0.6) is 0 Å². The number of carbonyl (C=O) groups is 3. The van der Waals surface area contributed by atoms with E-state index in [-0.39, 0.29) is 18.4 Å². The molecule has 0 aliphatic carbocycles. The summed E-state index contributed by atoms with van der Waals surface area (Å²) in [5.74, 6) is -1.97. The number of hydrogen-bond donors (Lipinski definition) is 1. The number of carboxylic acids is 1. The van der Waals surface area contributed by atoms with Crippen LogP contribution in [0.1, 0.15) is 54.3 Å². The van der Waals surface area contributed by atoms with Gasteiger partial charge < -0.3 is 14.9 Å². The fraction of sp³-hybridized carbons (Fsp3) is 0.526. The van der Waals surface area contributed by atoms with E-state index in [1.807, 2.05) is 13.8 Å². The Balaban J connectivity index is 2.94. The maximum absolute atomic E-state index is 12.7. The van der Waals surface area contributed by atoms with Crippen molar-refractivity contribution in [3.8, 4) is 0 Å². The summed E-state index contributed by atoms with van der Waals surface area (Å²) in [5, 5.41) is 8.97. The second-order valence-electron chi connectivity index (χ2n) is 6.30. The smallest absolute Gasteiger partial charge is 0.308 e. The average Bonchev–Trinajstić information content (AvgIpc) is 2.60. The van der Waals surface area contributed by atoms with E-state index in [0.717, 1.165) is 12.8 Å². The molecule has 0 radical (unpaired) electrons. The molecule has 1 aromatic carbocycles. The third kappa shape index (κ3) is 5.89. The monoisotopic (exact) mass is 348 g/mol. The van der Waals surface area contributed by atoms with Crippen LogP contribution in [0.3, 0.4) is 0 Å². The summed E-state index contributed by atoms with van der Waals surface area (Å²) < 4.78 is 0. The molecule has 2 amide bonds. The summed E-state index contributed by atoms with van der Waals surface area (Å²) in [5.41, 5.74) is 0.867. The standard InChI is InChI=1S/C19H28N2O4/c1-5-10-21(11-6-2)18(23)16-9-7-8-15(12-16)17(22)20(4)13-14(3)19(24)25/h7-9,12,14H,5-6,10-11,13H2,1-4H3,(H,24,25). The van der Waals surface area contributed by atoms with Crippen LogP contribution in [0.15, 0.2) is 24.3 Å². The maximum atomic E-state index is 12.7. The molecule has 0 aliphatic heterocycles. The van der Waals surface area contributed by atoms with Crippen molar-refractivity contribution in [2.24, 2.45) is 5.92 Å². The Kier molecular flexibility index (Phi) is 8.11. The number of aliphatic carboxylic acids is 1. The van der Waals surface area contributed by atoms with Crippen molar-refractivity contribution in [3.63, 3.8) is 0 Å². The third-order valence-corrected chi connectivity index (χ3v) is 3.95. The number of carbonyl (C=O) groups excluding carboxylic acids is 2. The van der Waals surface area contributed by atoms with Crippen LogP contribution >= 0.6 is 0 Å². The first kappa shape index (κ1) is 20.7. The molecule has 0 saturated heterocycles. The quantitative estimate of drug-likeness (QED) is 0.744. The average molecular weight is 348 g/mol. The lowest BCUT2D eigenvalue weighted by Gasteiger charge is -2.22. The molecule has 0 aromatic heterocycles. The zero-order valence-corrected chi connectivity index (χ0v) is 15.5. The summed E-state index contributed by atoms with van der Waals surface area (Å²) in [4.78, 5) is 39.3. The van der Waals surface area contributed by atoms with E-state index in [9.17, 15) is 14.4 Å². The summed E-state index contributed by atoms with van der Waals surface area (Å²) >= 11 is 0. The molecule has 0 saturated carbocycles. The van der Waals surface area contributed by atoms with E-state index in [0.29, 0.717) is 24.2 Å². The van der Waals surface area contributed by atoms with Crippen LogP contribution in [0.4, 0.5) is 0 Å². The van der Waals surface area contributed by atoms with E-state index in [1.165, 1.54) is 4.90 Å². The van der Waals surface area contributed by atoms with Crippen LogP contribution in [-0.2, 0) is 4.79 Å². The minimum absolute atomic E-state index is 0.0834. The second-order valence-corrected chi connectivity index (χ2v) is 6.30. The second kappa shape index (κ2) is 9.81. The van der Waals surface area contributed by atoms with Crippen LogP contribution in [0, 0.1) is 5.92 Å². The van der Waals surface area contributed by atoms with Crippen molar-refractivity contribution in [2.45, 2.75) is 33.6 Å². The third-order valence-electron chi connectivity index (χ3n) is 3.95. The van der Waals surface area contributed by atoms with E-state index in [1.54, 1.807) is 43.1 Å². The summed E-state index contributed by atoms with van der Waals surface area (Å²) in [6.45, 7) is 7.08. The Morgan fingerprint density at radius 3 is 2.04 bits per heavy atom. The number of carboxylic acid groups (broad SMARTS) is 1. The Morgan fingerprint density at radius 2 is 1.56 bits per heavy atom. The molecule has 25 heavy (non-hydrogen) atoms. The first-order valence-corrected chi connectivity index (χ1v) is 8.69. The van der Waals surface area contributed by atoms with E-state index in [2.05, 4.69) is 0 Å². The van der Waals surface area contributed by atoms with Gasteiger partial charge in [-0.2, -0.15) is 0 Å². The highest BCUT2D eigenvalue weighted by atomic mass is 16.4. The molecule has 0 spiro atoms. The molecule has 1 atom stereocenters. The number of hydrogen-bond acceptors (Lipinski definition) is 3. The molecule has 138 valence electrons. The van der Waals surface area contributed by atoms with Gasteiger partial charge in [0.15, 0.2) is 0 Å². The van der Waals surface area contributed by atoms with E-state index in [4.69, 9.17) is 5.11 Å². The first-order valence-electron chi connectivity index (χ1n) is 8.69. The van der Waals surface area contributed by atoms with Gasteiger partial charge in [-0.05, 0) is 31.0 Å². The van der Waals surface area contributed by atoms with Crippen LogP contribution in [0.25, 0.3) is 0 Å². The van der Waals surface area contributed by atoms with Crippen molar-refractivity contribution < 1.29 is 19.5 Å². The molecule has 1 N–H and O–H groups in total. The lowest BCUT2D eigenvalue weighted by molar-refractivity contribution is -0.141. The summed E-state index contributed by atoms with van der Waals surface area (Å²) in [6, 6.07) is 6.62. The van der Waals surface area contributed by atoms with Crippen molar-refractivity contribution >= 4 is 17.8 Å². The lowest BCUT2D eigenvalue weighted by atomic mass is 10.1. The predicted octanol–water partition coefficient (Wildman–Crippen LogP) is 2.74. The minimum Gasteiger partial charge on any atom is -0.481 e. The highest BCUT2D eigenvalue weighted by molar-refractivity contribution is 5.99. The fourth-order valence-corrected chi connectivity index (χ4v) is 2.61. The first-order chi connectivity index (χ1) is 11.8. The zero-order valence-electron chi connectivity index (χ0n) is 15.5. The van der Waals surface area contributed by atoms with Crippen LogP contribution in [0.2, 0.25) is 0 Å². The van der Waals surface area contributed by atoms with Crippen molar-refractivity contribution in [2.75, 3.05) is 26.7 Å². The number of benzene rings is 1. The van der Waals surface area contributed by atoms with Gasteiger partial charge in [0.1, 0.15) is 0 Å². The molecule has 0 fully saturated rings. The zero-order chi connectivity index (χ0) is 19.0. The van der Waals surface area contributed by atoms with E-state index < -0.39 is 11.9 Å². The molecule has 0 heterocycles. The minimum atomic E-state index is -0.946. The Morgan fingerprint density at radius 1 is 1.04 bits per heavy atom. The van der Waals surface area contributed by atoms with Gasteiger partial charge in [-0.25, -0.2) is 0 Å². The molecular weight excluding hydrogens is 320 g/mol. The van der Waals surface area contributed by atoms with Gasteiger partial charge in [0.25, 0.3) is 11.8 Å². The highest BCUT2D eigenvalue weighted by Gasteiger charge is 2.20.